The van der Waals surface area contributed by atoms with Gasteiger partial charge in [-0.25, -0.2) is 0 Å². The van der Waals surface area contributed by atoms with Crippen molar-refractivity contribution in [2.24, 2.45) is 17.4 Å². The van der Waals surface area contributed by atoms with Gasteiger partial charge >= 0.3 is 0 Å². The zero-order chi connectivity index (χ0) is 12.8. The highest BCUT2D eigenvalue weighted by molar-refractivity contribution is 6.42. The van der Waals surface area contributed by atoms with Crippen LogP contribution in [-0.2, 0) is 0 Å². The molecule has 1 rings (SSSR count). The summed E-state index contributed by atoms with van der Waals surface area (Å²) in [5, 5.41) is 1.21. The van der Waals surface area contributed by atoms with Crippen LogP contribution < -0.4 is 11.5 Å². The maximum atomic E-state index is 6.04. The molecule has 0 amide bonds. The van der Waals surface area contributed by atoms with E-state index in [4.69, 9.17) is 34.7 Å². The van der Waals surface area contributed by atoms with Gasteiger partial charge in [0.05, 0.1) is 10.0 Å². The van der Waals surface area contributed by atoms with Crippen LogP contribution in [0.3, 0.4) is 0 Å². The topological polar surface area (TPSA) is 52.0 Å². The van der Waals surface area contributed by atoms with Crippen LogP contribution in [-0.4, -0.2) is 13.1 Å². The Hall–Kier alpha value is -0.280. The van der Waals surface area contributed by atoms with Gasteiger partial charge in [-0.3, -0.25) is 0 Å². The zero-order valence-corrected chi connectivity index (χ0v) is 11.6. The van der Waals surface area contributed by atoms with Crippen molar-refractivity contribution >= 4 is 23.2 Å². The van der Waals surface area contributed by atoms with Crippen molar-refractivity contribution in [3.05, 3.63) is 33.8 Å². The Bertz CT molecular complexity index is 351. The number of nitrogens with two attached hydrogens (primary N) is 2. The van der Waals surface area contributed by atoms with Crippen LogP contribution in [0.1, 0.15) is 31.2 Å². The van der Waals surface area contributed by atoms with E-state index in [-0.39, 0.29) is 0 Å². The number of halogens is 2. The van der Waals surface area contributed by atoms with E-state index in [1.54, 1.807) is 0 Å². The summed E-state index contributed by atoms with van der Waals surface area (Å²) in [6, 6.07) is 5.83. The van der Waals surface area contributed by atoms with Crippen LogP contribution in [0.4, 0.5) is 0 Å². The van der Waals surface area contributed by atoms with E-state index in [0.29, 0.717) is 35.0 Å². The Kier molecular flexibility index (Phi) is 6.28. The van der Waals surface area contributed by atoms with Gasteiger partial charge in [-0.2, -0.15) is 0 Å². The van der Waals surface area contributed by atoms with Gasteiger partial charge in [-0.05, 0) is 55.5 Å². The lowest BCUT2D eigenvalue weighted by Gasteiger charge is -2.21. The lowest BCUT2D eigenvalue weighted by atomic mass is 9.87. The molecule has 2 nitrogen and oxygen atoms in total. The number of hydrogen-bond acceptors (Lipinski definition) is 2. The Morgan fingerprint density at radius 1 is 1.12 bits per heavy atom. The second kappa shape index (κ2) is 7.22. The molecule has 17 heavy (non-hydrogen) atoms. The molecule has 0 aliphatic heterocycles. The summed E-state index contributed by atoms with van der Waals surface area (Å²) >= 11 is 12.0. The predicted molar refractivity (Wildman–Crippen MR) is 75.7 cm³/mol. The summed E-state index contributed by atoms with van der Waals surface area (Å²) in [5.74, 6) is 0.816. The van der Waals surface area contributed by atoms with Gasteiger partial charge in [-0.1, -0.05) is 36.2 Å². The predicted octanol–water partition coefficient (Wildman–Crippen LogP) is 3.41. The normalized spacial score (nSPS) is 13.1. The van der Waals surface area contributed by atoms with E-state index in [2.05, 4.69) is 6.92 Å². The molecule has 1 unspecified atom stereocenters. The largest absolute Gasteiger partial charge is 0.330 e. The van der Waals surface area contributed by atoms with Gasteiger partial charge in [-0.15, -0.1) is 0 Å². The number of hydrogen-bond donors (Lipinski definition) is 2. The minimum atomic E-state index is 0.370. The van der Waals surface area contributed by atoms with E-state index in [1.807, 2.05) is 18.2 Å². The fraction of sp³-hybridized carbons (Fsp3) is 0.538. The molecular weight excluding hydrogens is 255 g/mol. The minimum absolute atomic E-state index is 0.370. The van der Waals surface area contributed by atoms with Crippen LogP contribution in [0, 0.1) is 5.92 Å². The van der Waals surface area contributed by atoms with Crippen molar-refractivity contribution < 1.29 is 0 Å². The molecule has 0 aliphatic rings. The molecule has 0 saturated carbocycles. The molecule has 1 aromatic carbocycles. The molecule has 4 N–H and O–H groups in total. The summed E-state index contributed by atoms with van der Waals surface area (Å²) < 4.78 is 0. The molecule has 0 spiro atoms. The van der Waals surface area contributed by atoms with Gasteiger partial charge < -0.3 is 11.5 Å². The summed E-state index contributed by atoms with van der Waals surface area (Å²) in [7, 11) is 0. The Morgan fingerprint density at radius 2 is 1.76 bits per heavy atom. The smallest absolute Gasteiger partial charge is 0.0595 e. The minimum Gasteiger partial charge on any atom is -0.330 e. The van der Waals surface area contributed by atoms with Crippen LogP contribution in [0.25, 0.3) is 0 Å². The third-order valence-corrected chi connectivity index (χ3v) is 3.93. The zero-order valence-electron chi connectivity index (χ0n) is 10.1. The van der Waals surface area contributed by atoms with Gasteiger partial charge in [0.25, 0.3) is 0 Å². The fourth-order valence-corrected chi connectivity index (χ4v) is 2.30. The van der Waals surface area contributed by atoms with Crippen molar-refractivity contribution in [3.8, 4) is 0 Å². The van der Waals surface area contributed by atoms with E-state index in [0.717, 1.165) is 12.8 Å². The fourth-order valence-electron chi connectivity index (χ4n) is 2.00. The lowest BCUT2D eigenvalue weighted by molar-refractivity contribution is 0.442. The highest BCUT2D eigenvalue weighted by atomic mass is 35.5. The van der Waals surface area contributed by atoms with Crippen molar-refractivity contribution in [2.45, 2.75) is 25.7 Å². The molecule has 0 heterocycles. The van der Waals surface area contributed by atoms with Gasteiger partial charge in [0, 0.05) is 0 Å². The van der Waals surface area contributed by atoms with Crippen molar-refractivity contribution in [1.29, 1.82) is 0 Å². The van der Waals surface area contributed by atoms with E-state index in [1.165, 1.54) is 5.56 Å². The Morgan fingerprint density at radius 3 is 2.24 bits per heavy atom. The lowest BCUT2D eigenvalue weighted by Crippen LogP contribution is -2.25. The summed E-state index contributed by atoms with van der Waals surface area (Å²) in [5.41, 5.74) is 12.6. The van der Waals surface area contributed by atoms with Crippen molar-refractivity contribution in [1.82, 2.24) is 0 Å². The first-order valence-corrected chi connectivity index (χ1v) is 6.73. The average Bonchev–Trinajstić information content (AvgIpc) is 2.35. The molecule has 0 fully saturated rings. The molecule has 1 aromatic rings. The molecule has 0 bridgehead atoms. The van der Waals surface area contributed by atoms with Crippen molar-refractivity contribution in [3.63, 3.8) is 0 Å². The highest BCUT2D eigenvalue weighted by Crippen LogP contribution is 2.31. The second-order valence-electron chi connectivity index (χ2n) is 4.35. The number of benzene rings is 1. The van der Waals surface area contributed by atoms with E-state index >= 15 is 0 Å². The van der Waals surface area contributed by atoms with Crippen LogP contribution in [0.15, 0.2) is 18.2 Å². The summed E-state index contributed by atoms with van der Waals surface area (Å²) in [6.45, 7) is 3.43. The first-order valence-electron chi connectivity index (χ1n) is 5.97. The highest BCUT2D eigenvalue weighted by Gasteiger charge is 2.15. The standard InChI is InChI=1S/C13H20Cl2N2/c1-2-10(5-9(7-16)8-17)11-3-4-12(14)13(15)6-11/h3-4,6,9-10H,2,5,7-8,16-17H2,1H3. The third kappa shape index (κ3) is 4.14. The van der Waals surface area contributed by atoms with E-state index in [9.17, 15) is 0 Å². The molecule has 1 atom stereocenters. The Labute approximate surface area is 113 Å². The maximum Gasteiger partial charge on any atom is 0.0595 e. The third-order valence-electron chi connectivity index (χ3n) is 3.19. The van der Waals surface area contributed by atoms with Crippen molar-refractivity contribution in [2.75, 3.05) is 13.1 Å². The second-order valence-corrected chi connectivity index (χ2v) is 5.17. The SMILES string of the molecule is CCC(CC(CN)CN)c1ccc(Cl)c(Cl)c1. The summed E-state index contributed by atoms with van der Waals surface area (Å²) in [6.07, 6.45) is 2.05. The van der Waals surface area contributed by atoms with E-state index < -0.39 is 0 Å². The summed E-state index contributed by atoms with van der Waals surface area (Å²) in [4.78, 5) is 0. The maximum absolute atomic E-state index is 6.04. The first kappa shape index (κ1) is 14.8. The Balaban J connectivity index is 2.82. The molecule has 96 valence electrons. The van der Waals surface area contributed by atoms with Gasteiger partial charge in [0.1, 0.15) is 0 Å². The number of rotatable bonds is 6. The molecular formula is C13H20Cl2N2. The quantitative estimate of drug-likeness (QED) is 0.835. The molecule has 0 aromatic heterocycles. The molecule has 0 saturated heterocycles. The molecule has 4 heteroatoms. The molecule has 0 radical (unpaired) electrons. The van der Waals surface area contributed by atoms with Gasteiger partial charge in [0.15, 0.2) is 0 Å². The van der Waals surface area contributed by atoms with Crippen LogP contribution >= 0.6 is 23.2 Å². The first-order chi connectivity index (χ1) is 8.12. The average molecular weight is 275 g/mol. The van der Waals surface area contributed by atoms with Crippen LogP contribution in [0.2, 0.25) is 10.0 Å². The monoisotopic (exact) mass is 274 g/mol. The van der Waals surface area contributed by atoms with Crippen LogP contribution in [0.5, 0.6) is 0 Å². The van der Waals surface area contributed by atoms with Gasteiger partial charge in [0.2, 0.25) is 0 Å². The molecule has 0 aliphatic carbocycles.